The van der Waals surface area contributed by atoms with Crippen LogP contribution in [0.3, 0.4) is 0 Å². The van der Waals surface area contributed by atoms with Crippen molar-refractivity contribution in [3.8, 4) is 0 Å². The Bertz CT molecular complexity index is 1020. The van der Waals surface area contributed by atoms with Gasteiger partial charge in [-0.25, -0.2) is 0 Å². The predicted octanol–water partition coefficient (Wildman–Crippen LogP) is 6.20. The normalized spacial score (nSPS) is 12.1. The Morgan fingerprint density at radius 3 is 2.03 bits per heavy atom. The summed E-state index contributed by atoms with van der Waals surface area (Å²) in [5.41, 5.74) is 0.908. The van der Waals surface area contributed by atoms with Crippen LogP contribution in [0.15, 0.2) is 48.0 Å². The number of rotatable bonds is 5. The van der Waals surface area contributed by atoms with E-state index in [0.717, 1.165) is 0 Å². The van der Waals surface area contributed by atoms with E-state index < -0.39 is 17.2 Å². The van der Waals surface area contributed by atoms with Crippen LogP contribution in [-0.2, 0) is 9.59 Å². The SMILES string of the molecule is C/C(C(=N)C(=O)NC(=O)C(C)(C)C)=C(/Nc1ccc(Cl)cc1Cl)c1ccc(Cl)cc1. The van der Waals surface area contributed by atoms with Crippen molar-refractivity contribution in [2.75, 3.05) is 5.32 Å². The number of carbonyl (C=O) groups is 2. The first-order valence-electron chi connectivity index (χ1n) is 9.03. The van der Waals surface area contributed by atoms with Gasteiger partial charge in [0, 0.05) is 21.0 Å². The third-order valence-corrected chi connectivity index (χ3v) is 5.01. The van der Waals surface area contributed by atoms with Crippen LogP contribution in [0.25, 0.3) is 5.70 Å². The summed E-state index contributed by atoms with van der Waals surface area (Å²) < 4.78 is 0. The Labute approximate surface area is 190 Å². The molecule has 8 heteroatoms. The Kier molecular flexibility index (Phi) is 7.70. The number of hydrogen-bond acceptors (Lipinski definition) is 4. The fourth-order valence-electron chi connectivity index (χ4n) is 2.37. The summed E-state index contributed by atoms with van der Waals surface area (Å²) in [5, 5.41) is 15.2. The zero-order chi connectivity index (χ0) is 22.6. The standard InChI is InChI=1S/C22H22Cl3N3O2/c1-12(18(26)20(29)28-21(30)22(2,3)4)19(13-5-7-14(23)8-6-13)27-17-10-9-15(24)11-16(17)25/h5-11,26-27H,1-4H3,(H,28,29,30)/b19-12-,26-18?. The first-order valence-corrected chi connectivity index (χ1v) is 10.2. The topological polar surface area (TPSA) is 82.1 Å². The lowest BCUT2D eigenvalue weighted by molar-refractivity contribution is -0.132. The molecule has 0 saturated heterocycles. The van der Waals surface area contributed by atoms with Crippen molar-refractivity contribution in [1.29, 1.82) is 5.41 Å². The van der Waals surface area contributed by atoms with Gasteiger partial charge in [-0.05, 0) is 42.8 Å². The molecule has 0 atom stereocenters. The van der Waals surface area contributed by atoms with Gasteiger partial charge in [-0.1, -0.05) is 67.7 Å². The first kappa shape index (κ1) is 23.9. The lowest BCUT2D eigenvalue weighted by Gasteiger charge is -2.19. The molecule has 0 spiro atoms. The number of benzene rings is 2. The second kappa shape index (κ2) is 9.65. The van der Waals surface area contributed by atoms with Gasteiger partial charge in [0.15, 0.2) is 0 Å². The maximum atomic E-state index is 12.5. The minimum atomic E-state index is -0.789. The molecule has 2 aromatic rings. The van der Waals surface area contributed by atoms with Gasteiger partial charge in [0.05, 0.1) is 16.4 Å². The van der Waals surface area contributed by atoms with E-state index in [9.17, 15) is 9.59 Å². The molecule has 0 radical (unpaired) electrons. The second-order valence-electron chi connectivity index (χ2n) is 7.66. The molecule has 0 fully saturated rings. The molecule has 2 aromatic carbocycles. The van der Waals surface area contributed by atoms with Crippen LogP contribution < -0.4 is 10.6 Å². The highest BCUT2D eigenvalue weighted by atomic mass is 35.5. The molecule has 158 valence electrons. The van der Waals surface area contributed by atoms with E-state index in [1.807, 2.05) is 0 Å². The summed E-state index contributed by atoms with van der Waals surface area (Å²) in [6.45, 7) is 6.67. The van der Waals surface area contributed by atoms with Crippen molar-refractivity contribution in [2.45, 2.75) is 27.7 Å². The smallest absolute Gasteiger partial charge is 0.276 e. The molecular formula is C22H22Cl3N3O2. The molecule has 0 bridgehead atoms. The number of halogens is 3. The van der Waals surface area contributed by atoms with Crippen LogP contribution in [0.4, 0.5) is 5.69 Å². The van der Waals surface area contributed by atoms with E-state index in [4.69, 9.17) is 40.2 Å². The molecule has 5 nitrogen and oxygen atoms in total. The molecule has 0 aromatic heterocycles. The molecule has 3 N–H and O–H groups in total. The van der Waals surface area contributed by atoms with Gasteiger partial charge < -0.3 is 5.32 Å². The number of hydrogen-bond donors (Lipinski definition) is 3. The van der Waals surface area contributed by atoms with Crippen molar-refractivity contribution in [2.24, 2.45) is 5.41 Å². The van der Waals surface area contributed by atoms with Crippen molar-refractivity contribution < 1.29 is 9.59 Å². The first-order chi connectivity index (χ1) is 13.9. The Hall–Kier alpha value is -2.34. The van der Waals surface area contributed by atoms with Gasteiger partial charge in [-0.2, -0.15) is 0 Å². The number of nitrogens with one attached hydrogen (secondary N) is 3. The van der Waals surface area contributed by atoms with Gasteiger partial charge in [0.1, 0.15) is 5.71 Å². The summed E-state index contributed by atoms with van der Waals surface area (Å²) >= 11 is 18.2. The van der Waals surface area contributed by atoms with Gasteiger partial charge in [-0.3, -0.25) is 20.3 Å². The van der Waals surface area contributed by atoms with Gasteiger partial charge in [0.2, 0.25) is 5.91 Å². The molecule has 0 saturated carbocycles. The number of amides is 2. The minimum Gasteiger partial charge on any atom is -0.354 e. The van der Waals surface area contributed by atoms with Crippen LogP contribution >= 0.6 is 34.8 Å². The van der Waals surface area contributed by atoms with Crippen molar-refractivity contribution >= 4 is 63.7 Å². The Balaban J connectivity index is 2.46. The average Bonchev–Trinajstić information content (AvgIpc) is 2.66. The van der Waals surface area contributed by atoms with Crippen LogP contribution in [0.1, 0.15) is 33.3 Å². The summed E-state index contributed by atoms with van der Waals surface area (Å²) in [6, 6.07) is 11.9. The highest BCUT2D eigenvalue weighted by Crippen LogP contribution is 2.30. The fourth-order valence-corrected chi connectivity index (χ4v) is 2.95. The zero-order valence-electron chi connectivity index (χ0n) is 17.0. The third-order valence-electron chi connectivity index (χ3n) is 4.21. The van der Waals surface area contributed by atoms with E-state index in [0.29, 0.717) is 37.6 Å². The summed E-state index contributed by atoms with van der Waals surface area (Å²) in [4.78, 5) is 24.7. The molecule has 0 unspecified atom stereocenters. The second-order valence-corrected chi connectivity index (χ2v) is 8.94. The number of anilines is 1. The maximum Gasteiger partial charge on any atom is 0.276 e. The molecule has 2 rings (SSSR count). The molecule has 0 aliphatic heterocycles. The Morgan fingerprint density at radius 1 is 0.933 bits per heavy atom. The van der Waals surface area contributed by atoms with E-state index >= 15 is 0 Å². The molecule has 0 aliphatic rings. The van der Waals surface area contributed by atoms with Gasteiger partial charge in [0.25, 0.3) is 5.91 Å². The number of carbonyl (C=O) groups excluding carboxylic acids is 2. The zero-order valence-corrected chi connectivity index (χ0v) is 19.3. The van der Waals surface area contributed by atoms with E-state index in [1.165, 1.54) is 0 Å². The van der Waals surface area contributed by atoms with Crippen LogP contribution in [-0.4, -0.2) is 17.5 Å². The van der Waals surface area contributed by atoms with Crippen molar-refractivity contribution in [1.82, 2.24) is 5.32 Å². The summed E-state index contributed by atoms with van der Waals surface area (Å²) in [7, 11) is 0. The summed E-state index contributed by atoms with van der Waals surface area (Å²) in [6.07, 6.45) is 0. The molecule has 2 amide bonds. The molecule has 0 aliphatic carbocycles. The minimum absolute atomic E-state index is 0.322. The predicted molar refractivity (Wildman–Crippen MR) is 124 cm³/mol. The fraction of sp³-hybridized carbons (Fsp3) is 0.227. The average molecular weight is 467 g/mol. The van der Waals surface area contributed by atoms with Crippen LogP contribution in [0.5, 0.6) is 0 Å². The van der Waals surface area contributed by atoms with E-state index in [-0.39, 0.29) is 5.71 Å². The van der Waals surface area contributed by atoms with Crippen LogP contribution in [0.2, 0.25) is 15.1 Å². The molecule has 30 heavy (non-hydrogen) atoms. The Morgan fingerprint density at radius 2 is 1.50 bits per heavy atom. The molecular weight excluding hydrogens is 445 g/mol. The molecule has 0 heterocycles. The van der Waals surface area contributed by atoms with E-state index in [1.54, 1.807) is 70.2 Å². The number of imide groups is 1. The monoisotopic (exact) mass is 465 g/mol. The van der Waals surface area contributed by atoms with Crippen LogP contribution in [0, 0.1) is 10.8 Å². The summed E-state index contributed by atoms with van der Waals surface area (Å²) in [5.74, 6) is -1.25. The van der Waals surface area contributed by atoms with Gasteiger partial charge in [-0.15, -0.1) is 0 Å². The highest BCUT2D eigenvalue weighted by Gasteiger charge is 2.26. The third kappa shape index (κ3) is 6.08. The maximum absolute atomic E-state index is 12.5. The largest absolute Gasteiger partial charge is 0.354 e. The lowest BCUT2D eigenvalue weighted by atomic mass is 9.95. The lowest BCUT2D eigenvalue weighted by Crippen LogP contribution is -2.42. The van der Waals surface area contributed by atoms with Crippen molar-refractivity contribution in [3.05, 3.63) is 68.7 Å². The highest BCUT2D eigenvalue weighted by molar-refractivity contribution is 6.47. The quantitative estimate of drug-likeness (QED) is 0.459. The van der Waals surface area contributed by atoms with Crippen molar-refractivity contribution in [3.63, 3.8) is 0 Å². The van der Waals surface area contributed by atoms with E-state index in [2.05, 4.69) is 10.6 Å². The van der Waals surface area contributed by atoms with Gasteiger partial charge >= 0.3 is 0 Å².